The highest BCUT2D eigenvalue weighted by atomic mass is 16.5. The van der Waals surface area contributed by atoms with E-state index in [1.807, 2.05) is 0 Å². The van der Waals surface area contributed by atoms with E-state index in [1.165, 1.54) is 0 Å². The predicted octanol–water partition coefficient (Wildman–Crippen LogP) is 0.873. The smallest absolute Gasteiger partial charge is 0.356 e. The molecule has 0 aliphatic carbocycles. The van der Waals surface area contributed by atoms with Crippen molar-refractivity contribution >= 4 is 11.5 Å². The lowest BCUT2D eigenvalue weighted by atomic mass is 10.3. The van der Waals surface area contributed by atoms with Gasteiger partial charge in [0.2, 0.25) is 0 Å². The van der Waals surface area contributed by atoms with Crippen LogP contribution in [-0.2, 0) is 11.3 Å². The Morgan fingerprint density at radius 3 is 2.86 bits per heavy atom. The van der Waals surface area contributed by atoms with Gasteiger partial charge in [-0.2, -0.15) is 0 Å². The first-order chi connectivity index (χ1) is 10.2. The highest BCUT2D eigenvalue weighted by Gasteiger charge is 2.21. The molecule has 1 fully saturated rings. The number of imidazole rings is 1. The van der Waals surface area contributed by atoms with Gasteiger partial charge >= 0.3 is 5.97 Å². The number of carbonyl (C=O) groups is 1. The highest BCUT2D eigenvalue weighted by molar-refractivity contribution is 5.93. The Labute approximate surface area is 121 Å². The van der Waals surface area contributed by atoms with Gasteiger partial charge in [-0.05, 0) is 12.1 Å². The average molecular weight is 291 g/mol. The number of carboxylic acids is 1. The number of methoxy groups -OCH3 is 1. The van der Waals surface area contributed by atoms with Crippen LogP contribution in [0.5, 0.6) is 5.88 Å². The molecule has 112 valence electrons. The fourth-order valence-corrected chi connectivity index (χ4v) is 2.56. The number of hydrogen-bond acceptors (Lipinski definition) is 5. The van der Waals surface area contributed by atoms with Crippen LogP contribution in [0.25, 0.3) is 5.52 Å². The van der Waals surface area contributed by atoms with Crippen molar-refractivity contribution in [3.63, 3.8) is 0 Å². The minimum atomic E-state index is -1.03. The summed E-state index contributed by atoms with van der Waals surface area (Å²) in [6.45, 7) is 3.57. The lowest BCUT2D eigenvalue weighted by Gasteiger charge is -2.26. The molecule has 0 spiro atoms. The average Bonchev–Trinajstić information content (AvgIpc) is 2.87. The van der Waals surface area contributed by atoms with Crippen molar-refractivity contribution in [2.24, 2.45) is 0 Å². The van der Waals surface area contributed by atoms with Crippen LogP contribution in [0, 0.1) is 0 Å². The molecule has 1 saturated heterocycles. The van der Waals surface area contributed by atoms with E-state index < -0.39 is 5.97 Å². The normalized spacial score (nSPS) is 16.2. The number of aromatic carboxylic acids is 1. The summed E-state index contributed by atoms with van der Waals surface area (Å²) in [4.78, 5) is 17.9. The maximum atomic E-state index is 11.4. The Balaban J connectivity index is 2.05. The molecule has 1 N–H and O–H groups in total. The topological polar surface area (TPSA) is 76.3 Å². The number of ether oxygens (including phenoxy) is 2. The van der Waals surface area contributed by atoms with E-state index in [0.717, 1.165) is 13.1 Å². The minimum absolute atomic E-state index is 0.0529. The van der Waals surface area contributed by atoms with E-state index in [0.29, 0.717) is 37.0 Å². The maximum absolute atomic E-state index is 11.4. The van der Waals surface area contributed by atoms with E-state index in [-0.39, 0.29) is 5.69 Å². The third-order valence-corrected chi connectivity index (χ3v) is 3.58. The summed E-state index contributed by atoms with van der Waals surface area (Å²) >= 11 is 0. The van der Waals surface area contributed by atoms with Crippen LogP contribution in [0.15, 0.2) is 18.2 Å². The van der Waals surface area contributed by atoms with Crippen molar-refractivity contribution in [3.05, 3.63) is 29.7 Å². The highest BCUT2D eigenvalue weighted by Crippen LogP contribution is 2.22. The third kappa shape index (κ3) is 2.57. The molecule has 1 aliphatic rings. The van der Waals surface area contributed by atoms with Crippen molar-refractivity contribution in [2.75, 3.05) is 33.4 Å². The van der Waals surface area contributed by atoms with Gasteiger partial charge in [-0.15, -0.1) is 0 Å². The number of fused-ring (bicyclic) bond motifs is 1. The summed E-state index contributed by atoms with van der Waals surface area (Å²) in [5.41, 5.74) is 0.599. The second kappa shape index (κ2) is 5.71. The second-order valence-electron chi connectivity index (χ2n) is 4.86. The number of rotatable bonds is 4. The van der Waals surface area contributed by atoms with Gasteiger partial charge < -0.3 is 14.6 Å². The van der Waals surface area contributed by atoms with Gasteiger partial charge in [-0.1, -0.05) is 6.07 Å². The molecule has 7 heteroatoms. The van der Waals surface area contributed by atoms with Crippen LogP contribution in [-0.4, -0.2) is 58.8 Å². The molecule has 0 saturated carbocycles. The summed E-state index contributed by atoms with van der Waals surface area (Å²) in [7, 11) is 1.56. The first-order valence-corrected chi connectivity index (χ1v) is 6.78. The lowest BCUT2D eigenvalue weighted by Crippen LogP contribution is -2.36. The zero-order chi connectivity index (χ0) is 14.8. The number of nitrogens with zero attached hydrogens (tertiary/aromatic N) is 3. The van der Waals surface area contributed by atoms with E-state index in [2.05, 4.69) is 9.88 Å². The van der Waals surface area contributed by atoms with Crippen molar-refractivity contribution < 1.29 is 19.4 Å². The van der Waals surface area contributed by atoms with Crippen LogP contribution < -0.4 is 4.74 Å². The molecule has 1 aliphatic heterocycles. The van der Waals surface area contributed by atoms with Crippen LogP contribution in [0.2, 0.25) is 0 Å². The standard InChI is InChI=1S/C14H17N3O4/c1-20-12-4-2-3-10-13(14(18)19)15-11(17(10)12)9-16-5-7-21-8-6-16/h2-4H,5-9H2,1H3,(H,18,19). The fourth-order valence-electron chi connectivity index (χ4n) is 2.56. The van der Waals surface area contributed by atoms with Crippen LogP contribution in [0.3, 0.4) is 0 Å². The van der Waals surface area contributed by atoms with Crippen molar-refractivity contribution in [3.8, 4) is 5.88 Å². The molecule has 0 amide bonds. The van der Waals surface area contributed by atoms with Crippen LogP contribution in [0.1, 0.15) is 16.3 Å². The summed E-state index contributed by atoms with van der Waals surface area (Å²) < 4.78 is 12.4. The molecule has 2 aromatic heterocycles. The van der Waals surface area contributed by atoms with Crippen LogP contribution in [0.4, 0.5) is 0 Å². The zero-order valence-electron chi connectivity index (χ0n) is 11.8. The largest absolute Gasteiger partial charge is 0.482 e. The number of carboxylic acid groups (broad SMARTS) is 1. The molecule has 3 heterocycles. The molecular formula is C14H17N3O4. The van der Waals surface area contributed by atoms with Gasteiger partial charge in [0.1, 0.15) is 5.82 Å². The van der Waals surface area contributed by atoms with Crippen molar-refractivity contribution in [2.45, 2.75) is 6.54 Å². The van der Waals surface area contributed by atoms with Gasteiger partial charge in [-0.3, -0.25) is 9.30 Å². The van der Waals surface area contributed by atoms with Gasteiger partial charge in [0.15, 0.2) is 11.6 Å². The SMILES string of the molecule is COc1cccc2c(C(=O)O)nc(CN3CCOCC3)n12. The molecular weight excluding hydrogens is 274 g/mol. The summed E-state index contributed by atoms with van der Waals surface area (Å²) in [6.07, 6.45) is 0. The van der Waals surface area contributed by atoms with E-state index >= 15 is 0 Å². The quantitative estimate of drug-likeness (QED) is 0.901. The molecule has 21 heavy (non-hydrogen) atoms. The summed E-state index contributed by atoms with van der Waals surface area (Å²) in [5, 5.41) is 9.32. The molecule has 0 radical (unpaired) electrons. The lowest BCUT2D eigenvalue weighted by molar-refractivity contribution is 0.0328. The Morgan fingerprint density at radius 2 is 2.19 bits per heavy atom. The van der Waals surface area contributed by atoms with Gasteiger partial charge in [0.05, 0.1) is 32.4 Å². The zero-order valence-corrected chi connectivity index (χ0v) is 11.8. The van der Waals surface area contributed by atoms with Gasteiger partial charge in [0, 0.05) is 13.1 Å². The Hall–Kier alpha value is -2.12. The fraction of sp³-hybridized carbons (Fsp3) is 0.429. The third-order valence-electron chi connectivity index (χ3n) is 3.58. The summed E-state index contributed by atoms with van der Waals surface area (Å²) in [5.74, 6) is 0.214. The Bertz CT molecular complexity index is 662. The van der Waals surface area contributed by atoms with E-state index in [1.54, 1.807) is 29.7 Å². The van der Waals surface area contributed by atoms with Crippen LogP contribution >= 0.6 is 0 Å². The molecule has 0 atom stereocenters. The molecule has 7 nitrogen and oxygen atoms in total. The predicted molar refractivity (Wildman–Crippen MR) is 74.8 cm³/mol. The number of aromatic nitrogens is 2. The van der Waals surface area contributed by atoms with Crippen molar-refractivity contribution in [1.29, 1.82) is 0 Å². The monoisotopic (exact) mass is 291 g/mol. The second-order valence-corrected chi connectivity index (χ2v) is 4.86. The molecule has 3 rings (SSSR count). The Morgan fingerprint density at radius 1 is 1.43 bits per heavy atom. The minimum Gasteiger partial charge on any atom is -0.482 e. The van der Waals surface area contributed by atoms with Gasteiger partial charge in [0.25, 0.3) is 0 Å². The van der Waals surface area contributed by atoms with E-state index in [4.69, 9.17) is 9.47 Å². The number of hydrogen-bond donors (Lipinski definition) is 1. The molecule has 0 aromatic carbocycles. The molecule has 0 bridgehead atoms. The number of pyridine rings is 1. The first kappa shape index (κ1) is 13.8. The van der Waals surface area contributed by atoms with Gasteiger partial charge in [-0.25, -0.2) is 9.78 Å². The Kier molecular flexibility index (Phi) is 3.76. The summed E-state index contributed by atoms with van der Waals surface area (Å²) in [6, 6.07) is 5.30. The van der Waals surface area contributed by atoms with E-state index in [9.17, 15) is 9.90 Å². The maximum Gasteiger partial charge on any atom is 0.356 e. The molecule has 0 unspecified atom stereocenters. The number of morpholine rings is 1. The first-order valence-electron chi connectivity index (χ1n) is 6.78. The molecule has 2 aromatic rings. The van der Waals surface area contributed by atoms with Crippen molar-refractivity contribution in [1.82, 2.24) is 14.3 Å².